The predicted octanol–water partition coefficient (Wildman–Crippen LogP) is 4.85. The van der Waals surface area contributed by atoms with Crippen LogP contribution < -0.4 is 4.74 Å². The van der Waals surface area contributed by atoms with Gasteiger partial charge in [0, 0.05) is 6.42 Å². The molecule has 2 heteroatoms. The first-order chi connectivity index (χ1) is 9.77. The molecule has 1 aromatic carbocycles. The first kappa shape index (κ1) is 16.2. The van der Waals surface area contributed by atoms with Crippen LogP contribution in [-0.2, 0) is 11.2 Å². The van der Waals surface area contributed by atoms with Crippen LogP contribution in [0.3, 0.4) is 0 Å². The third kappa shape index (κ3) is 6.37. The summed E-state index contributed by atoms with van der Waals surface area (Å²) in [5.41, 5.74) is 1.00. The van der Waals surface area contributed by atoms with E-state index in [-0.39, 0.29) is 5.97 Å². The second-order valence-electron chi connectivity index (χ2n) is 4.82. The molecular formula is C18H24O2. The maximum absolute atomic E-state index is 11.8. The number of hydrogen-bond acceptors (Lipinski definition) is 2. The quantitative estimate of drug-likeness (QED) is 0.263. The van der Waals surface area contributed by atoms with Crippen molar-refractivity contribution in [2.24, 2.45) is 0 Å². The van der Waals surface area contributed by atoms with Gasteiger partial charge in [-0.25, -0.2) is 0 Å². The number of rotatable bonds is 10. The van der Waals surface area contributed by atoms with Gasteiger partial charge in [-0.2, -0.15) is 0 Å². The molecule has 0 N–H and O–H groups in total. The van der Waals surface area contributed by atoms with Crippen LogP contribution in [0.4, 0.5) is 0 Å². The van der Waals surface area contributed by atoms with Crippen molar-refractivity contribution in [3.05, 3.63) is 55.1 Å². The lowest BCUT2D eigenvalue weighted by Crippen LogP contribution is -2.08. The maximum atomic E-state index is 11.8. The summed E-state index contributed by atoms with van der Waals surface area (Å²) in [6.07, 6.45) is 10.3. The Balaban J connectivity index is 2.31. The highest BCUT2D eigenvalue weighted by Gasteiger charge is 2.07. The third-order valence-electron chi connectivity index (χ3n) is 3.10. The molecule has 0 heterocycles. The fraction of sp³-hybridized carbons (Fsp3) is 0.389. The van der Waals surface area contributed by atoms with Gasteiger partial charge in [-0.3, -0.25) is 4.79 Å². The van der Waals surface area contributed by atoms with Crippen LogP contribution in [0, 0.1) is 0 Å². The lowest BCUT2D eigenvalue weighted by atomic mass is 10.1. The maximum Gasteiger partial charge on any atom is 0.311 e. The average molecular weight is 272 g/mol. The molecule has 0 saturated heterocycles. The SMILES string of the molecule is C=CCCCCCCC(=O)Oc1ccccc1CC=C. The van der Waals surface area contributed by atoms with Crippen LogP contribution in [0.25, 0.3) is 0 Å². The molecule has 0 aliphatic rings. The standard InChI is InChI=1S/C18H24O2/c1-3-5-6-7-8-9-15-18(19)20-17-14-11-10-13-16(17)12-4-2/h3-4,10-11,13-14H,1-2,5-9,12,15H2. The lowest BCUT2D eigenvalue weighted by molar-refractivity contribution is -0.134. The largest absolute Gasteiger partial charge is 0.426 e. The van der Waals surface area contributed by atoms with Crippen molar-refractivity contribution in [3.8, 4) is 5.75 Å². The molecule has 0 atom stereocenters. The van der Waals surface area contributed by atoms with E-state index in [1.165, 1.54) is 0 Å². The molecule has 0 aliphatic carbocycles. The van der Waals surface area contributed by atoms with E-state index in [2.05, 4.69) is 13.2 Å². The summed E-state index contributed by atoms with van der Waals surface area (Å²) in [5.74, 6) is 0.509. The average Bonchev–Trinajstić information content (AvgIpc) is 2.45. The summed E-state index contributed by atoms with van der Waals surface area (Å²) in [5, 5.41) is 0. The molecule has 0 aliphatic heterocycles. The van der Waals surface area contributed by atoms with Gasteiger partial charge in [-0.05, 0) is 37.3 Å². The van der Waals surface area contributed by atoms with Crippen LogP contribution in [0.5, 0.6) is 5.75 Å². The van der Waals surface area contributed by atoms with Gasteiger partial charge in [-0.1, -0.05) is 43.2 Å². The molecule has 0 aromatic heterocycles. The van der Waals surface area contributed by atoms with E-state index in [1.807, 2.05) is 36.4 Å². The molecule has 2 nitrogen and oxygen atoms in total. The van der Waals surface area contributed by atoms with Crippen molar-refractivity contribution in [2.75, 3.05) is 0 Å². The Morgan fingerprint density at radius 1 is 1.05 bits per heavy atom. The molecule has 0 spiro atoms. The lowest BCUT2D eigenvalue weighted by Gasteiger charge is -2.08. The van der Waals surface area contributed by atoms with Crippen molar-refractivity contribution in [3.63, 3.8) is 0 Å². The molecule has 20 heavy (non-hydrogen) atoms. The first-order valence-corrected chi connectivity index (χ1v) is 7.28. The number of ether oxygens (including phenoxy) is 1. The summed E-state index contributed by atoms with van der Waals surface area (Å²) in [6, 6.07) is 7.61. The zero-order chi connectivity index (χ0) is 14.6. The van der Waals surface area contributed by atoms with E-state index < -0.39 is 0 Å². The number of unbranched alkanes of at least 4 members (excludes halogenated alkanes) is 4. The van der Waals surface area contributed by atoms with Crippen molar-refractivity contribution in [2.45, 2.75) is 44.9 Å². The molecule has 0 unspecified atom stereocenters. The highest BCUT2D eigenvalue weighted by Crippen LogP contribution is 2.19. The number of carbonyl (C=O) groups excluding carboxylic acids is 1. The van der Waals surface area contributed by atoms with Gasteiger partial charge in [-0.15, -0.1) is 13.2 Å². The van der Waals surface area contributed by atoms with Crippen LogP contribution in [-0.4, -0.2) is 5.97 Å². The highest BCUT2D eigenvalue weighted by molar-refractivity contribution is 5.72. The van der Waals surface area contributed by atoms with E-state index in [0.29, 0.717) is 18.6 Å². The van der Waals surface area contributed by atoms with Crippen LogP contribution >= 0.6 is 0 Å². The number of esters is 1. The second-order valence-corrected chi connectivity index (χ2v) is 4.82. The molecule has 0 radical (unpaired) electrons. The smallest absolute Gasteiger partial charge is 0.311 e. The van der Waals surface area contributed by atoms with E-state index in [0.717, 1.165) is 37.7 Å². The summed E-state index contributed by atoms with van der Waals surface area (Å²) >= 11 is 0. The fourth-order valence-electron chi connectivity index (χ4n) is 2.01. The van der Waals surface area contributed by atoms with E-state index in [9.17, 15) is 4.79 Å². The van der Waals surface area contributed by atoms with E-state index in [1.54, 1.807) is 0 Å². The number of carbonyl (C=O) groups is 1. The van der Waals surface area contributed by atoms with Gasteiger partial charge in [0.2, 0.25) is 0 Å². The molecule has 1 aromatic rings. The summed E-state index contributed by atoms with van der Waals surface area (Å²) in [6.45, 7) is 7.41. The minimum atomic E-state index is -0.148. The number of para-hydroxylation sites is 1. The predicted molar refractivity (Wildman–Crippen MR) is 83.9 cm³/mol. The molecule has 0 fully saturated rings. The molecular weight excluding hydrogens is 248 g/mol. The van der Waals surface area contributed by atoms with Crippen molar-refractivity contribution in [1.29, 1.82) is 0 Å². The van der Waals surface area contributed by atoms with Gasteiger partial charge in [0.1, 0.15) is 5.75 Å². The van der Waals surface area contributed by atoms with E-state index >= 15 is 0 Å². The van der Waals surface area contributed by atoms with Gasteiger partial charge >= 0.3 is 5.97 Å². The Bertz CT molecular complexity index is 435. The monoisotopic (exact) mass is 272 g/mol. The van der Waals surface area contributed by atoms with Crippen LogP contribution in [0.15, 0.2) is 49.6 Å². The molecule has 108 valence electrons. The minimum Gasteiger partial charge on any atom is -0.426 e. The zero-order valence-corrected chi connectivity index (χ0v) is 12.1. The Morgan fingerprint density at radius 3 is 2.55 bits per heavy atom. The van der Waals surface area contributed by atoms with Gasteiger partial charge in [0.15, 0.2) is 0 Å². The van der Waals surface area contributed by atoms with Crippen molar-refractivity contribution < 1.29 is 9.53 Å². The molecule has 1 rings (SSSR count). The topological polar surface area (TPSA) is 26.3 Å². The Labute approximate surface area is 122 Å². The van der Waals surface area contributed by atoms with Gasteiger partial charge in [0.25, 0.3) is 0 Å². The number of allylic oxidation sites excluding steroid dienone is 2. The summed E-state index contributed by atoms with van der Waals surface area (Å²) < 4.78 is 5.42. The molecule has 0 bridgehead atoms. The summed E-state index contributed by atoms with van der Waals surface area (Å²) in [4.78, 5) is 11.8. The Hall–Kier alpha value is -1.83. The third-order valence-corrected chi connectivity index (χ3v) is 3.10. The second kappa shape index (κ2) is 10.0. The van der Waals surface area contributed by atoms with Gasteiger partial charge in [0.05, 0.1) is 0 Å². The van der Waals surface area contributed by atoms with Crippen LogP contribution in [0.2, 0.25) is 0 Å². The number of hydrogen-bond donors (Lipinski definition) is 0. The van der Waals surface area contributed by atoms with Gasteiger partial charge < -0.3 is 4.74 Å². The Kier molecular flexibility index (Phi) is 8.13. The minimum absolute atomic E-state index is 0.148. The highest BCUT2D eigenvalue weighted by atomic mass is 16.5. The van der Waals surface area contributed by atoms with Crippen molar-refractivity contribution in [1.82, 2.24) is 0 Å². The Morgan fingerprint density at radius 2 is 1.80 bits per heavy atom. The molecule has 0 saturated carbocycles. The zero-order valence-electron chi connectivity index (χ0n) is 12.1. The van der Waals surface area contributed by atoms with E-state index in [4.69, 9.17) is 4.74 Å². The first-order valence-electron chi connectivity index (χ1n) is 7.28. The normalized spacial score (nSPS) is 10.0. The number of benzene rings is 1. The fourth-order valence-corrected chi connectivity index (χ4v) is 2.01. The van der Waals surface area contributed by atoms with Crippen LogP contribution in [0.1, 0.15) is 44.1 Å². The molecule has 0 amide bonds. The van der Waals surface area contributed by atoms with Crippen molar-refractivity contribution >= 4 is 5.97 Å². The summed E-state index contributed by atoms with van der Waals surface area (Å²) in [7, 11) is 0.